The number of anilines is 1. The fraction of sp³-hybridized carbons (Fsp3) is 0.0588. The largest absolute Gasteiger partial charge is 0.507 e. The molecule has 1 amide bonds. The van der Waals surface area contributed by atoms with E-state index in [0.29, 0.717) is 5.69 Å². The Labute approximate surface area is 146 Å². The van der Waals surface area contributed by atoms with Crippen molar-refractivity contribution in [2.24, 2.45) is 0 Å². The van der Waals surface area contributed by atoms with E-state index in [2.05, 4.69) is 15.3 Å². The molecule has 1 aromatic heterocycles. The number of rotatable bonds is 4. The number of aromatic nitrogens is 2. The van der Waals surface area contributed by atoms with E-state index >= 15 is 0 Å². The number of amides is 1. The lowest BCUT2D eigenvalue weighted by Crippen LogP contribution is -2.17. The number of H-pyrrole nitrogens is 1. The number of benzene rings is 2. The summed E-state index contributed by atoms with van der Waals surface area (Å²) in [7, 11) is 0. The highest BCUT2D eigenvalue weighted by atomic mass is 35.5. The van der Waals surface area contributed by atoms with E-state index in [1.807, 2.05) is 0 Å². The zero-order valence-corrected chi connectivity index (χ0v) is 13.5. The fourth-order valence-corrected chi connectivity index (χ4v) is 2.38. The second-order valence-corrected chi connectivity index (χ2v) is 5.44. The van der Waals surface area contributed by atoms with E-state index in [0.717, 1.165) is 0 Å². The number of carbonyl (C=O) groups is 2. The average Bonchev–Trinajstić information content (AvgIpc) is 2.61. The van der Waals surface area contributed by atoms with Crippen LogP contribution in [0.25, 0.3) is 10.9 Å². The molecule has 2 aromatic carbocycles. The van der Waals surface area contributed by atoms with Gasteiger partial charge in [0.05, 0.1) is 16.5 Å². The second kappa shape index (κ2) is 6.74. The van der Waals surface area contributed by atoms with Crippen LogP contribution in [-0.2, 0) is 4.79 Å². The van der Waals surface area contributed by atoms with Gasteiger partial charge in [0.15, 0.2) is 5.82 Å². The number of para-hydroxylation sites is 1. The van der Waals surface area contributed by atoms with Crippen LogP contribution in [0, 0.1) is 0 Å². The van der Waals surface area contributed by atoms with Gasteiger partial charge in [0.1, 0.15) is 11.6 Å². The number of nitrogens with zero attached hydrogens (tertiary/aromatic N) is 1. The number of ketones is 1. The van der Waals surface area contributed by atoms with Crippen LogP contribution in [0.5, 0.6) is 5.75 Å². The van der Waals surface area contributed by atoms with E-state index in [4.69, 9.17) is 11.6 Å². The average molecular weight is 358 g/mol. The predicted molar refractivity (Wildman–Crippen MR) is 93.3 cm³/mol. The molecule has 0 radical (unpaired) electrons. The number of carbonyl (C=O) groups excluding carboxylic acids is 2. The molecule has 7 nitrogen and oxygen atoms in total. The third kappa shape index (κ3) is 3.36. The number of fused-ring (bicyclic) bond motifs is 1. The standard InChI is InChI=1S/C17H12ClN3O4/c18-8-14(23)19-9-5-6-12-11(7-9)17(25)21-16(20-12)15(24)10-3-1-2-4-13(10)22/h1-7,22H,8H2,(H,19,23)(H,20,21,25). The van der Waals surface area contributed by atoms with Crippen LogP contribution in [0.15, 0.2) is 47.3 Å². The highest BCUT2D eigenvalue weighted by Gasteiger charge is 2.17. The third-order valence-electron chi connectivity index (χ3n) is 3.47. The number of aromatic hydroxyl groups is 1. The number of phenolic OH excluding ortho intramolecular Hbond substituents is 1. The molecule has 0 unspecified atom stereocenters. The van der Waals surface area contributed by atoms with Crippen LogP contribution < -0.4 is 10.9 Å². The number of alkyl halides is 1. The molecule has 0 saturated heterocycles. The summed E-state index contributed by atoms with van der Waals surface area (Å²) in [5.41, 5.74) is 0.179. The van der Waals surface area contributed by atoms with Gasteiger partial charge in [-0.2, -0.15) is 0 Å². The molecule has 3 rings (SSSR count). The minimum absolute atomic E-state index is 0.0380. The van der Waals surface area contributed by atoms with Crippen molar-refractivity contribution in [2.75, 3.05) is 11.2 Å². The lowest BCUT2D eigenvalue weighted by molar-refractivity contribution is -0.113. The molecule has 0 bridgehead atoms. The highest BCUT2D eigenvalue weighted by molar-refractivity contribution is 6.29. The van der Waals surface area contributed by atoms with E-state index in [1.165, 1.54) is 24.3 Å². The molecule has 8 heteroatoms. The monoisotopic (exact) mass is 357 g/mol. The summed E-state index contributed by atoms with van der Waals surface area (Å²) in [6.07, 6.45) is 0. The van der Waals surface area contributed by atoms with Crippen LogP contribution in [0.1, 0.15) is 16.2 Å². The molecule has 126 valence electrons. The SMILES string of the molecule is O=C(CCl)Nc1ccc2nc(C(=O)c3ccccc3O)[nH]c(=O)c2c1. The summed E-state index contributed by atoms with van der Waals surface area (Å²) in [4.78, 5) is 42.6. The molecule has 0 atom stereocenters. The predicted octanol–water partition coefficient (Wildman–Crippen LogP) is 2.04. The fourth-order valence-electron chi connectivity index (χ4n) is 2.31. The maximum absolute atomic E-state index is 12.5. The summed E-state index contributed by atoms with van der Waals surface area (Å²) in [6, 6.07) is 10.5. The molecule has 0 spiro atoms. The Bertz CT molecular complexity index is 1050. The van der Waals surface area contributed by atoms with Crippen LogP contribution in [0.3, 0.4) is 0 Å². The Morgan fingerprint density at radius 1 is 1.20 bits per heavy atom. The first-order valence-corrected chi connectivity index (χ1v) is 7.75. The van der Waals surface area contributed by atoms with Gasteiger partial charge in [0.25, 0.3) is 5.56 Å². The Morgan fingerprint density at radius 3 is 2.68 bits per heavy atom. The smallest absolute Gasteiger partial charge is 0.259 e. The molecule has 3 aromatic rings. The second-order valence-electron chi connectivity index (χ2n) is 5.17. The molecular formula is C17H12ClN3O4. The number of hydrogen-bond donors (Lipinski definition) is 3. The van der Waals surface area contributed by atoms with Gasteiger partial charge in [0, 0.05) is 5.69 Å². The Kier molecular flexibility index (Phi) is 4.49. The topological polar surface area (TPSA) is 112 Å². The van der Waals surface area contributed by atoms with Gasteiger partial charge >= 0.3 is 0 Å². The third-order valence-corrected chi connectivity index (χ3v) is 3.72. The summed E-state index contributed by atoms with van der Waals surface area (Å²) >= 11 is 5.43. The van der Waals surface area contributed by atoms with Gasteiger partial charge in [-0.25, -0.2) is 4.98 Å². The van der Waals surface area contributed by atoms with Crippen molar-refractivity contribution in [2.45, 2.75) is 0 Å². The Morgan fingerprint density at radius 2 is 1.96 bits per heavy atom. The number of nitrogens with one attached hydrogen (secondary N) is 2. The first-order valence-electron chi connectivity index (χ1n) is 7.22. The number of hydrogen-bond acceptors (Lipinski definition) is 5. The van der Waals surface area contributed by atoms with E-state index < -0.39 is 17.2 Å². The molecule has 0 aliphatic heterocycles. The minimum Gasteiger partial charge on any atom is -0.507 e. The molecule has 1 heterocycles. The van der Waals surface area contributed by atoms with Gasteiger partial charge in [-0.1, -0.05) is 12.1 Å². The van der Waals surface area contributed by atoms with Crippen molar-refractivity contribution in [3.63, 3.8) is 0 Å². The van der Waals surface area contributed by atoms with Crippen LogP contribution in [0.2, 0.25) is 0 Å². The lowest BCUT2D eigenvalue weighted by Gasteiger charge is -2.06. The van der Waals surface area contributed by atoms with Gasteiger partial charge in [0.2, 0.25) is 11.7 Å². The normalized spacial score (nSPS) is 10.6. The zero-order chi connectivity index (χ0) is 18.0. The summed E-state index contributed by atoms with van der Waals surface area (Å²) in [5.74, 6) is -1.60. The van der Waals surface area contributed by atoms with Crippen molar-refractivity contribution in [3.05, 3.63) is 64.2 Å². The molecule has 0 fully saturated rings. The summed E-state index contributed by atoms with van der Waals surface area (Å²) in [6.45, 7) is 0. The number of aromatic amines is 1. The first kappa shape index (κ1) is 16.7. The highest BCUT2D eigenvalue weighted by Crippen LogP contribution is 2.19. The first-order chi connectivity index (χ1) is 12.0. The van der Waals surface area contributed by atoms with E-state index in [9.17, 15) is 19.5 Å². The van der Waals surface area contributed by atoms with E-state index in [-0.39, 0.29) is 33.9 Å². The molecule has 0 aliphatic carbocycles. The van der Waals surface area contributed by atoms with Crippen molar-refractivity contribution in [1.82, 2.24) is 9.97 Å². The Hall–Kier alpha value is -3.19. The van der Waals surface area contributed by atoms with Crippen LogP contribution >= 0.6 is 11.6 Å². The van der Waals surface area contributed by atoms with Crippen LogP contribution in [-0.4, -0.2) is 32.6 Å². The molecule has 25 heavy (non-hydrogen) atoms. The molecular weight excluding hydrogens is 346 g/mol. The molecule has 3 N–H and O–H groups in total. The van der Waals surface area contributed by atoms with Crippen molar-refractivity contribution >= 4 is 39.9 Å². The van der Waals surface area contributed by atoms with Crippen molar-refractivity contribution < 1.29 is 14.7 Å². The summed E-state index contributed by atoms with van der Waals surface area (Å²) < 4.78 is 0. The van der Waals surface area contributed by atoms with Gasteiger partial charge in [-0.15, -0.1) is 11.6 Å². The van der Waals surface area contributed by atoms with Gasteiger partial charge in [-0.3, -0.25) is 14.4 Å². The maximum Gasteiger partial charge on any atom is 0.259 e. The van der Waals surface area contributed by atoms with Gasteiger partial charge in [-0.05, 0) is 30.3 Å². The number of phenols is 1. The maximum atomic E-state index is 12.5. The van der Waals surface area contributed by atoms with Gasteiger partial charge < -0.3 is 15.4 Å². The van der Waals surface area contributed by atoms with E-state index in [1.54, 1.807) is 18.2 Å². The zero-order valence-electron chi connectivity index (χ0n) is 12.7. The lowest BCUT2D eigenvalue weighted by atomic mass is 10.1. The molecule has 0 saturated carbocycles. The quantitative estimate of drug-likeness (QED) is 0.488. The molecule has 0 aliphatic rings. The van der Waals surface area contributed by atoms with Crippen molar-refractivity contribution in [3.8, 4) is 5.75 Å². The van der Waals surface area contributed by atoms with Crippen molar-refractivity contribution in [1.29, 1.82) is 0 Å². The van der Waals surface area contributed by atoms with Crippen LogP contribution in [0.4, 0.5) is 5.69 Å². The summed E-state index contributed by atoms with van der Waals surface area (Å²) in [5, 5.41) is 12.5. The number of halogens is 1. The Balaban J connectivity index is 2.04. The minimum atomic E-state index is -0.600.